The Morgan fingerprint density at radius 3 is 2.50 bits per heavy atom. The van der Waals surface area contributed by atoms with Gasteiger partial charge in [-0.15, -0.1) is 0 Å². The van der Waals surface area contributed by atoms with E-state index in [4.69, 9.17) is 4.74 Å². The van der Waals surface area contributed by atoms with Gasteiger partial charge in [0.25, 0.3) is 0 Å². The van der Waals surface area contributed by atoms with E-state index in [0.717, 1.165) is 38.8 Å². The van der Waals surface area contributed by atoms with Crippen molar-refractivity contribution in [3.63, 3.8) is 0 Å². The first kappa shape index (κ1) is 16.2. The summed E-state index contributed by atoms with van der Waals surface area (Å²) < 4.78 is 31.6. The lowest BCUT2D eigenvalue weighted by Crippen LogP contribution is -2.54. The molecule has 126 valence electrons. The number of ether oxygens (including phenoxy) is 1. The topological polar surface area (TPSA) is 75.7 Å². The number of sulfonamides is 1. The Labute approximate surface area is 132 Å². The normalized spacial score (nSPS) is 34.6. The van der Waals surface area contributed by atoms with Crippen molar-refractivity contribution in [2.75, 3.05) is 26.0 Å². The quantitative estimate of drug-likeness (QED) is 0.828. The molecule has 0 aromatic rings. The standard InChI is InChI=1S/C15H26N2O4S/c1-11-9-13(11)14(18)17-6-4-15(5-7-17)10-12(3-8-21-15)16-22(2,19)20/h11-13,16H,3-10H2,1-2H3/t11-,12+,13-/m1/s1. The lowest BCUT2D eigenvalue weighted by atomic mass is 9.82. The average Bonchev–Trinajstić information content (AvgIpc) is 3.14. The fraction of sp³-hybridized carbons (Fsp3) is 0.933. The van der Waals surface area contributed by atoms with Crippen molar-refractivity contribution in [2.24, 2.45) is 11.8 Å². The van der Waals surface area contributed by atoms with E-state index in [0.29, 0.717) is 24.9 Å². The van der Waals surface area contributed by atoms with E-state index >= 15 is 0 Å². The van der Waals surface area contributed by atoms with Crippen molar-refractivity contribution >= 4 is 15.9 Å². The summed E-state index contributed by atoms with van der Waals surface area (Å²) in [5.74, 6) is 1.07. The maximum Gasteiger partial charge on any atom is 0.225 e. The minimum absolute atomic E-state index is 0.0468. The molecule has 1 spiro atoms. The van der Waals surface area contributed by atoms with Gasteiger partial charge in [0.15, 0.2) is 0 Å². The molecule has 1 amide bonds. The van der Waals surface area contributed by atoms with E-state index in [1.807, 2.05) is 4.90 Å². The summed E-state index contributed by atoms with van der Waals surface area (Å²) in [6.45, 7) is 4.17. The number of nitrogens with one attached hydrogen (secondary N) is 1. The highest BCUT2D eigenvalue weighted by atomic mass is 32.2. The summed E-state index contributed by atoms with van der Waals surface area (Å²) in [6, 6.07) is -0.0468. The highest BCUT2D eigenvalue weighted by Crippen LogP contribution is 2.41. The van der Waals surface area contributed by atoms with Crippen molar-refractivity contribution < 1.29 is 17.9 Å². The van der Waals surface area contributed by atoms with Gasteiger partial charge in [-0.25, -0.2) is 13.1 Å². The van der Waals surface area contributed by atoms with Gasteiger partial charge in [0.05, 0.1) is 11.9 Å². The summed E-state index contributed by atoms with van der Waals surface area (Å²) in [5.41, 5.74) is -0.257. The minimum atomic E-state index is -3.18. The van der Waals surface area contributed by atoms with Gasteiger partial charge in [0.1, 0.15) is 0 Å². The minimum Gasteiger partial charge on any atom is -0.375 e. The number of hydrogen-bond acceptors (Lipinski definition) is 4. The van der Waals surface area contributed by atoms with Crippen LogP contribution in [0.3, 0.4) is 0 Å². The maximum atomic E-state index is 12.3. The van der Waals surface area contributed by atoms with Crippen LogP contribution >= 0.6 is 0 Å². The second-order valence-corrected chi connectivity index (χ2v) is 9.04. The molecule has 0 unspecified atom stereocenters. The molecular weight excluding hydrogens is 304 g/mol. The number of rotatable bonds is 3. The molecule has 3 atom stereocenters. The molecule has 0 aromatic carbocycles. The molecule has 1 aliphatic carbocycles. The lowest BCUT2D eigenvalue weighted by Gasteiger charge is -2.46. The molecule has 7 heteroatoms. The average molecular weight is 330 g/mol. The Bertz CT molecular complexity index is 540. The van der Waals surface area contributed by atoms with Crippen molar-refractivity contribution in [1.29, 1.82) is 0 Å². The zero-order valence-electron chi connectivity index (χ0n) is 13.4. The Balaban J connectivity index is 1.56. The van der Waals surface area contributed by atoms with E-state index in [1.165, 1.54) is 6.26 Å². The molecule has 6 nitrogen and oxygen atoms in total. The molecular formula is C15H26N2O4S. The number of carbonyl (C=O) groups is 1. The predicted octanol–water partition coefficient (Wildman–Crippen LogP) is 0.732. The van der Waals surface area contributed by atoms with E-state index in [9.17, 15) is 13.2 Å². The monoisotopic (exact) mass is 330 g/mol. The molecule has 0 bridgehead atoms. The second kappa shape index (κ2) is 5.76. The van der Waals surface area contributed by atoms with Gasteiger partial charge in [0.2, 0.25) is 15.9 Å². The van der Waals surface area contributed by atoms with E-state index in [2.05, 4.69) is 11.6 Å². The highest BCUT2D eigenvalue weighted by molar-refractivity contribution is 7.88. The van der Waals surface area contributed by atoms with Crippen LogP contribution in [0, 0.1) is 11.8 Å². The maximum absolute atomic E-state index is 12.3. The molecule has 1 N–H and O–H groups in total. The molecule has 2 saturated heterocycles. The van der Waals surface area contributed by atoms with E-state index in [1.54, 1.807) is 0 Å². The van der Waals surface area contributed by atoms with Crippen LogP contribution in [0.2, 0.25) is 0 Å². The van der Waals surface area contributed by atoms with E-state index < -0.39 is 10.0 Å². The number of piperidine rings is 1. The summed E-state index contributed by atoms with van der Waals surface area (Å²) in [5, 5.41) is 0. The van der Waals surface area contributed by atoms with Crippen molar-refractivity contribution in [1.82, 2.24) is 9.62 Å². The van der Waals surface area contributed by atoms with Crippen LogP contribution in [0.4, 0.5) is 0 Å². The zero-order valence-corrected chi connectivity index (χ0v) is 14.2. The van der Waals surface area contributed by atoms with Crippen molar-refractivity contribution in [3.05, 3.63) is 0 Å². The first-order valence-corrected chi connectivity index (χ1v) is 10.1. The van der Waals surface area contributed by atoms with Gasteiger partial charge < -0.3 is 9.64 Å². The Hall–Kier alpha value is -0.660. The molecule has 0 radical (unpaired) electrons. The summed E-state index contributed by atoms with van der Waals surface area (Å²) in [7, 11) is -3.18. The van der Waals surface area contributed by atoms with Crippen LogP contribution in [0.1, 0.15) is 39.0 Å². The van der Waals surface area contributed by atoms with Crippen LogP contribution in [0.15, 0.2) is 0 Å². The lowest BCUT2D eigenvalue weighted by molar-refractivity contribution is -0.145. The number of likely N-dealkylation sites (tertiary alicyclic amines) is 1. The number of hydrogen-bond donors (Lipinski definition) is 1. The fourth-order valence-electron chi connectivity index (χ4n) is 3.81. The van der Waals surface area contributed by atoms with Crippen LogP contribution < -0.4 is 4.72 Å². The van der Waals surface area contributed by atoms with Gasteiger partial charge >= 0.3 is 0 Å². The van der Waals surface area contributed by atoms with Crippen molar-refractivity contribution in [3.8, 4) is 0 Å². The van der Waals surface area contributed by atoms with Crippen molar-refractivity contribution in [2.45, 2.75) is 50.7 Å². The molecule has 1 saturated carbocycles. The molecule has 22 heavy (non-hydrogen) atoms. The van der Waals surface area contributed by atoms with Crippen LogP contribution in [0.5, 0.6) is 0 Å². The third-order valence-electron chi connectivity index (χ3n) is 5.29. The Morgan fingerprint density at radius 2 is 1.95 bits per heavy atom. The van der Waals surface area contributed by atoms with Gasteiger partial charge in [-0.2, -0.15) is 0 Å². The van der Waals surface area contributed by atoms with Gasteiger partial charge in [-0.1, -0.05) is 6.92 Å². The number of carbonyl (C=O) groups excluding carboxylic acids is 1. The molecule has 3 rings (SSSR count). The van der Waals surface area contributed by atoms with Gasteiger partial charge in [-0.3, -0.25) is 4.79 Å². The predicted molar refractivity (Wildman–Crippen MR) is 82.8 cm³/mol. The van der Waals surface area contributed by atoms with Gasteiger partial charge in [-0.05, 0) is 38.0 Å². The summed E-state index contributed by atoms with van der Waals surface area (Å²) in [6.07, 6.45) is 5.27. The Kier molecular flexibility index (Phi) is 4.24. The van der Waals surface area contributed by atoms with E-state index in [-0.39, 0.29) is 17.6 Å². The molecule has 0 aromatic heterocycles. The molecule has 2 heterocycles. The smallest absolute Gasteiger partial charge is 0.225 e. The SMILES string of the molecule is C[C@@H]1C[C@H]1C(=O)N1CCC2(CC1)C[C@@H](NS(C)(=O)=O)CCO2. The first-order valence-electron chi connectivity index (χ1n) is 8.18. The number of nitrogens with zero attached hydrogens (tertiary/aromatic N) is 1. The first-order chi connectivity index (χ1) is 10.3. The molecule has 3 aliphatic rings. The third-order valence-corrected chi connectivity index (χ3v) is 6.05. The van der Waals surface area contributed by atoms with Crippen LogP contribution in [-0.4, -0.2) is 56.8 Å². The second-order valence-electron chi connectivity index (χ2n) is 7.26. The number of amides is 1. The fourth-order valence-corrected chi connectivity index (χ4v) is 4.62. The summed E-state index contributed by atoms with van der Waals surface area (Å²) in [4.78, 5) is 14.3. The molecule has 2 aliphatic heterocycles. The highest BCUT2D eigenvalue weighted by Gasteiger charge is 2.46. The Morgan fingerprint density at radius 1 is 1.32 bits per heavy atom. The summed E-state index contributed by atoms with van der Waals surface area (Å²) >= 11 is 0. The zero-order chi connectivity index (χ0) is 16.0. The third kappa shape index (κ3) is 3.63. The van der Waals surface area contributed by atoms with Crippen LogP contribution in [-0.2, 0) is 19.6 Å². The largest absolute Gasteiger partial charge is 0.375 e. The van der Waals surface area contributed by atoms with Crippen LogP contribution in [0.25, 0.3) is 0 Å². The van der Waals surface area contributed by atoms with Gasteiger partial charge in [0, 0.05) is 31.7 Å². The molecule has 3 fully saturated rings.